The molecule has 1 aliphatic carbocycles. The fourth-order valence-corrected chi connectivity index (χ4v) is 6.58. The van der Waals surface area contributed by atoms with Crippen molar-refractivity contribution in [1.82, 2.24) is 14.8 Å². The van der Waals surface area contributed by atoms with Gasteiger partial charge >= 0.3 is 0 Å². The average molecular weight is 472 g/mol. The molecule has 9 heteroatoms. The molecule has 3 heterocycles. The van der Waals surface area contributed by atoms with E-state index < -0.39 is 0 Å². The van der Waals surface area contributed by atoms with Crippen LogP contribution in [0.15, 0.2) is 16.6 Å². The van der Waals surface area contributed by atoms with Gasteiger partial charge in [-0.25, -0.2) is 0 Å². The van der Waals surface area contributed by atoms with Crippen LogP contribution in [0.4, 0.5) is 5.00 Å². The Morgan fingerprint density at radius 1 is 1.32 bits per heavy atom. The first-order valence-corrected chi connectivity index (χ1v) is 13.1. The van der Waals surface area contributed by atoms with Gasteiger partial charge in [-0.05, 0) is 43.2 Å². The standard InChI is InChI=1S/C22H25N5OS3/c1-13(2)18-9-14(11-29-18)20-25-26-22(27(20)3)30-12-19(28)24-21-16(10-23)15-7-5-4-6-8-17(15)31-21/h9,11,13H,4-8,12H2,1-3H3,(H,24,28). The minimum Gasteiger partial charge on any atom is -0.316 e. The molecule has 1 N–H and O–H groups in total. The van der Waals surface area contributed by atoms with Crippen molar-refractivity contribution in [3.05, 3.63) is 32.3 Å². The number of aromatic nitrogens is 3. The van der Waals surface area contributed by atoms with Crippen molar-refractivity contribution in [3.63, 3.8) is 0 Å². The quantitative estimate of drug-likeness (QED) is 0.374. The number of carbonyl (C=O) groups is 1. The smallest absolute Gasteiger partial charge is 0.235 e. The molecule has 0 fully saturated rings. The summed E-state index contributed by atoms with van der Waals surface area (Å²) in [7, 11) is 1.92. The molecule has 0 saturated heterocycles. The average Bonchev–Trinajstić information content (AvgIpc) is 3.40. The van der Waals surface area contributed by atoms with Gasteiger partial charge in [-0.15, -0.1) is 32.9 Å². The number of anilines is 1. The van der Waals surface area contributed by atoms with Crippen LogP contribution < -0.4 is 5.32 Å². The van der Waals surface area contributed by atoms with Gasteiger partial charge in [-0.2, -0.15) is 5.26 Å². The van der Waals surface area contributed by atoms with E-state index in [4.69, 9.17) is 0 Å². The summed E-state index contributed by atoms with van der Waals surface area (Å²) in [4.78, 5) is 15.2. The highest BCUT2D eigenvalue weighted by atomic mass is 32.2. The lowest BCUT2D eigenvalue weighted by Gasteiger charge is -2.05. The highest BCUT2D eigenvalue weighted by Crippen LogP contribution is 2.37. The number of hydrogen-bond acceptors (Lipinski definition) is 7. The molecule has 0 radical (unpaired) electrons. The summed E-state index contributed by atoms with van der Waals surface area (Å²) < 4.78 is 1.93. The third kappa shape index (κ3) is 4.71. The molecule has 3 aromatic heterocycles. The summed E-state index contributed by atoms with van der Waals surface area (Å²) in [5.41, 5.74) is 2.85. The van der Waals surface area contributed by atoms with E-state index in [-0.39, 0.29) is 11.7 Å². The zero-order chi connectivity index (χ0) is 22.0. The normalized spacial score (nSPS) is 13.6. The van der Waals surface area contributed by atoms with Crippen molar-refractivity contribution >= 4 is 45.3 Å². The molecule has 0 saturated carbocycles. The fourth-order valence-electron chi connectivity index (χ4n) is 3.71. The molecule has 0 atom stereocenters. The molecule has 0 bridgehead atoms. The molecule has 0 aliphatic heterocycles. The van der Waals surface area contributed by atoms with Crippen molar-refractivity contribution in [2.45, 2.75) is 57.0 Å². The number of nitriles is 1. The molecular weight excluding hydrogens is 446 g/mol. The predicted octanol–water partition coefficient (Wildman–Crippen LogP) is 5.60. The summed E-state index contributed by atoms with van der Waals surface area (Å²) in [6.07, 6.45) is 5.40. The van der Waals surface area contributed by atoms with Gasteiger partial charge in [0.15, 0.2) is 11.0 Å². The Labute approximate surface area is 194 Å². The molecule has 0 spiro atoms. The first kappa shape index (κ1) is 22.1. The SMILES string of the molecule is CC(C)c1cc(-c2nnc(SCC(=O)Nc3sc4c(c3C#N)CCCCC4)n2C)cs1. The van der Waals surface area contributed by atoms with Crippen molar-refractivity contribution in [1.29, 1.82) is 5.26 Å². The van der Waals surface area contributed by atoms with Gasteiger partial charge in [0.1, 0.15) is 11.1 Å². The molecule has 0 aromatic carbocycles. The van der Waals surface area contributed by atoms with E-state index in [1.165, 1.54) is 27.9 Å². The second kappa shape index (κ2) is 9.55. The van der Waals surface area contributed by atoms with E-state index in [0.717, 1.165) is 42.6 Å². The van der Waals surface area contributed by atoms with E-state index in [1.807, 2.05) is 11.6 Å². The predicted molar refractivity (Wildman–Crippen MR) is 128 cm³/mol. The van der Waals surface area contributed by atoms with Gasteiger partial charge in [0.05, 0.1) is 11.3 Å². The number of thiophene rings is 2. The lowest BCUT2D eigenvalue weighted by molar-refractivity contribution is -0.113. The largest absolute Gasteiger partial charge is 0.316 e. The number of nitrogens with one attached hydrogen (secondary N) is 1. The minimum atomic E-state index is -0.125. The third-order valence-corrected chi connectivity index (χ3v) is 8.86. The van der Waals surface area contributed by atoms with Gasteiger partial charge in [-0.1, -0.05) is 32.0 Å². The molecule has 162 valence electrons. The van der Waals surface area contributed by atoms with Crippen LogP contribution in [0.3, 0.4) is 0 Å². The van der Waals surface area contributed by atoms with Crippen LogP contribution in [-0.2, 0) is 24.7 Å². The Morgan fingerprint density at radius 2 is 2.13 bits per heavy atom. The molecule has 4 rings (SSSR count). The van der Waals surface area contributed by atoms with E-state index >= 15 is 0 Å². The summed E-state index contributed by atoms with van der Waals surface area (Å²) in [5, 5.41) is 24.7. The van der Waals surface area contributed by atoms with Crippen LogP contribution >= 0.6 is 34.4 Å². The fraction of sp³-hybridized carbons (Fsp3) is 0.455. The molecule has 6 nitrogen and oxygen atoms in total. The Kier molecular flexibility index (Phi) is 6.80. The topological polar surface area (TPSA) is 83.6 Å². The Bertz CT molecular complexity index is 1130. The monoisotopic (exact) mass is 471 g/mol. The number of nitrogens with zero attached hydrogens (tertiary/aromatic N) is 4. The lowest BCUT2D eigenvalue weighted by Crippen LogP contribution is -2.14. The maximum absolute atomic E-state index is 12.6. The maximum atomic E-state index is 12.6. The van der Waals surface area contributed by atoms with Crippen LogP contribution in [0.5, 0.6) is 0 Å². The number of thioether (sulfide) groups is 1. The number of aryl methyl sites for hydroxylation is 1. The number of rotatable bonds is 6. The second-order valence-electron chi connectivity index (χ2n) is 7.97. The van der Waals surface area contributed by atoms with E-state index in [2.05, 4.69) is 46.9 Å². The zero-order valence-corrected chi connectivity index (χ0v) is 20.3. The highest BCUT2D eigenvalue weighted by molar-refractivity contribution is 7.99. The number of carbonyl (C=O) groups excluding carboxylic acids is 1. The van der Waals surface area contributed by atoms with Gasteiger partial charge < -0.3 is 9.88 Å². The van der Waals surface area contributed by atoms with E-state index in [1.54, 1.807) is 22.7 Å². The second-order valence-corrected chi connectivity index (χ2v) is 11.0. The Hall–Kier alpha value is -2.15. The van der Waals surface area contributed by atoms with E-state index in [0.29, 0.717) is 21.6 Å². The minimum absolute atomic E-state index is 0.125. The van der Waals surface area contributed by atoms with Gasteiger partial charge in [0.25, 0.3) is 0 Å². The molecule has 1 aliphatic rings. The van der Waals surface area contributed by atoms with Crippen molar-refractivity contribution in [3.8, 4) is 17.5 Å². The number of amides is 1. The molecule has 0 unspecified atom stereocenters. The van der Waals surface area contributed by atoms with Crippen LogP contribution in [0.1, 0.15) is 59.9 Å². The van der Waals surface area contributed by atoms with Crippen LogP contribution in [0, 0.1) is 11.3 Å². The van der Waals surface area contributed by atoms with Crippen LogP contribution in [0.2, 0.25) is 0 Å². The van der Waals surface area contributed by atoms with Crippen LogP contribution in [0.25, 0.3) is 11.4 Å². The van der Waals surface area contributed by atoms with Crippen molar-refractivity contribution in [2.75, 3.05) is 11.1 Å². The Balaban J connectivity index is 1.42. The maximum Gasteiger partial charge on any atom is 0.235 e. The highest BCUT2D eigenvalue weighted by Gasteiger charge is 2.21. The van der Waals surface area contributed by atoms with Gasteiger partial charge in [0.2, 0.25) is 5.91 Å². The van der Waals surface area contributed by atoms with Gasteiger partial charge in [0, 0.05) is 27.7 Å². The van der Waals surface area contributed by atoms with E-state index in [9.17, 15) is 10.1 Å². The molecule has 31 heavy (non-hydrogen) atoms. The summed E-state index contributed by atoms with van der Waals surface area (Å²) in [5.74, 6) is 1.38. The van der Waals surface area contributed by atoms with Gasteiger partial charge in [-0.3, -0.25) is 4.79 Å². The summed E-state index contributed by atoms with van der Waals surface area (Å²) >= 11 is 4.65. The van der Waals surface area contributed by atoms with Crippen LogP contribution in [-0.4, -0.2) is 26.4 Å². The Morgan fingerprint density at radius 3 is 2.87 bits per heavy atom. The first-order valence-electron chi connectivity index (χ1n) is 10.4. The third-order valence-electron chi connectivity index (χ3n) is 5.40. The molecular formula is C22H25N5OS3. The lowest BCUT2D eigenvalue weighted by atomic mass is 10.1. The summed E-state index contributed by atoms with van der Waals surface area (Å²) in [6.45, 7) is 4.35. The zero-order valence-electron chi connectivity index (χ0n) is 17.9. The van der Waals surface area contributed by atoms with Crippen molar-refractivity contribution in [2.24, 2.45) is 7.05 Å². The van der Waals surface area contributed by atoms with Crippen molar-refractivity contribution < 1.29 is 4.79 Å². The molecule has 1 amide bonds. The first-order chi connectivity index (χ1) is 15.0. The molecule has 3 aromatic rings. The number of fused-ring (bicyclic) bond motifs is 1. The number of hydrogen-bond donors (Lipinski definition) is 1. The summed E-state index contributed by atoms with van der Waals surface area (Å²) in [6, 6.07) is 4.47.